The lowest BCUT2D eigenvalue weighted by Gasteiger charge is -2.48. The van der Waals surface area contributed by atoms with Gasteiger partial charge in [0.15, 0.2) is 0 Å². The summed E-state index contributed by atoms with van der Waals surface area (Å²) in [6.45, 7) is 2.05. The van der Waals surface area contributed by atoms with Crippen LogP contribution in [-0.2, 0) is 0 Å². The van der Waals surface area contributed by atoms with Crippen LogP contribution in [0.25, 0.3) is 0 Å². The molecule has 3 nitrogen and oxygen atoms in total. The van der Waals surface area contributed by atoms with Crippen LogP contribution in [0.4, 0.5) is 0 Å². The van der Waals surface area contributed by atoms with Crippen molar-refractivity contribution in [1.29, 1.82) is 0 Å². The minimum absolute atomic E-state index is 0.0684. The topological polar surface area (TPSA) is 9.72 Å². The lowest BCUT2D eigenvalue weighted by Crippen LogP contribution is -2.48. The maximum Gasteiger partial charge on any atom is 0.228 e. The monoisotopic (exact) mass is 179 g/mol. The fourth-order valence-corrected chi connectivity index (χ4v) is 1.93. The van der Waals surface area contributed by atoms with E-state index in [1.165, 1.54) is 0 Å². The summed E-state index contributed by atoms with van der Waals surface area (Å²) in [6.07, 6.45) is 0.802. The summed E-state index contributed by atoms with van der Waals surface area (Å²) >= 11 is 0. The Morgan fingerprint density at radius 3 is 2.14 bits per heavy atom. The molecular formula is C7H9B4N3. The predicted octanol–water partition coefficient (Wildman–Crippen LogP) is -1.31. The van der Waals surface area contributed by atoms with E-state index >= 15 is 0 Å². The molecule has 8 radical (unpaired) electrons. The van der Waals surface area contributed by atoms with Gasteiger partial charge in [0.25, 0.3) is 0 Å². The Morgan fingerprint density at radius 1 is 0.929 bits per heavy atom. The van der Waals surface area contributed by atoms with E-state index in [-0.39, 0.29) is 5.82 Å². The molecule has 0 amide bonds. The van der Waals surface area contributed by atoms with Crippen LogP contribution < -0.4 is 0 Å². The Bertz CT molecular complexity index is 220. The van der Waals surface area contributed by atoms with Crippen molar-refractivity contribution < 1.29 is 0 Å². The van der Waals surface area contributed by atoms with Crippen molar-refractivity contribution in [2.75, 3.05) is 19.6 Å². The zero-order valence-corrected chi connectivity index (χ0v) is 8.06. The van der Waals surface area contributed by atoms with Crippen molar-refractivity contribution in [3.8, 4) is 0 Å². The molecule has 0 aromatic carbocycles. The second kappa shape index (κ2) is 3.52. The van der Waals surface area contributed by atoms with Crippen molar-refractivity contribution >= 4 is 31.8 Å². The van der Waals surface area contributed by atoms with Crippen LogP contribution in [0.15, 0.2) is 11.5 Å². The van der Waals surface area contributed by atoms with Crippen molar-refractivity contribution in [3.05, 3.63) is 11.5 Å². The standard InChI is InChI=1S/C7H9B4N3/c8-5-1-2-13(10)7-6(5)12(9)3-4-14(7)11/h5H,1-4H2. The summed E-state index contributed by atoms with van der Waals surface area (Å²) in [5, 5.41) is 0. The zero-order chi connectivity index (χ0) is 10.3. The Kier molecular flexibility index (Phi) is 2.50. The highest BCUT2D eigenvalue weighted by molar-refractivity contribution is 6.16. The zero-order valence-electron chi connectivity index (χ0n) is 8.06. The van der Waals surface area contributed by atoms with E-state index in [0.29, 0.717) is 19.6 Å². The third-order valence-corrected chi connectivity index (χ3v) is 2.70. The summed E-state index contributed by atoms with van der Waals surface area (Å²) < 4.78 is 0. The Hall–Kier alpha value is -0.600. The van der Waals surface area contributed by atoms with Gasteiger partial charge in [-0.05, 0) is 12.2 Å². The second-order valence-electron chi connectivity index (χ2n) is 3.68. The molecule has 2 aliphatic rings. The van der Waals surface area contributed by atoms with Gasteiger partial charge in [0.2, 0.25) is 23.9 Å². The Labute approximate surface area is 90.2 Å². The molecular weight excluding hydrogens is 169 g/mol. The first kappa shape index (κ1) is 9.94. The maximum atomic E-state index is 5.96. The molecule has 1 atom stereocenters. The van der Waals surface area contributed by atoms with Gasteiger partial charge in [-0.2, -0.15) is 0 Å². The van der Waals surface area contributed by atoms with Crippen molar-refractivity contribution in [2.24, 2.45) is 0 Å². The van der Waals surface area contributed by atoms with Crippen LogP contribution in [0.5, 0.6) is 0 Å². The van der Waals surface area contributed by atoms with E-state index in [0.717, 1.165) is 17.9 Å². The molecule has 0 saturated carbocycles. The molecule has 2 heterocycles. The Morgan fingerprint density at radius 2 is 1.50 bits per heavy atom. The summed E-state index contributed by atoms with van der Waals surface area (Å²) in [6, 6.07) is 0. The van der Waals surface area contributed by atoms with E-state index < -0.39 is 0 Å². The largest absolute Gasteiger partial charge is 0.424 e. The second-order valence-corrected chi connectivity index (χ2v) is 3.68. The van der Waals surface area contributed by atoms with Crippen molar-refractivity contribution in [1.82, 2.24) is 14.4 Å². The van der Waals surface area contributed by atoms with Crippen molar-refractivity contribution in [2.45, 2.75) is 12.2 Å². The summed E-state index contributed by atoms with van der Waals surface area (Å²) in [4.78, 5) is 4.86. The summed E-state index contributed by atoms with van der Waals surface area (Å²) in [5.41, 5.74) is 0.840. The fraction of sp³-hybridized carbons (Fsp3) is 0.714. The first-order valence-electron chi connectivity index (χ1n) is 4.67. The molecule has 1 unspecified atom stereocenters. The lowest BCUT2D eigenvalue weighted by atomic mass is 9.76. The van der Waals surface area contributed by atoms with E-state index in [9.17, 15) is 0 Å². The van der Waals surface area contributed by atoms with E-state index in [4.69, 9.17) is 31.8 Å². The molecule has 0 bridgehead atoms. The number of rotatable bonds is 0. The highest BCUT2D eigenvalue weighted by atomic mass is 15.3. The summed E-state index contributed by atoms with van der Waals surface area (Å²) in [7, 11) is 23.4. The smallest absolute Gasteiger partial charge is 0.228 e. The molecule has 0 aromatic rings. The van der Waals surface area contributed by atoms with E-state index in [2.05, 4.69) is 0 Å². The van der Waals surface area contributed by atoms with Crippen LogP contribution in [0.3, 0.4) is 0 Å². The first-order valence-corrected chi connectivity index (χ1v) is 4.67. The van der Waals surface area contributed by atoms with Gasteiger partial charge in [-0.3, -0.25) is 0 Å². The van der Waals surface area contributed by atoms with Gasteiger partial charge in [-0.15, -0.1) is 0 Å². The van der Waals surface area contributed by atoms with Crippen LogP contribution >= 0.6 is 0 Å². The van der Waals surface area contributed by atoms with Gasteiger partial charge in [0.05, 0.1) is 13.7 Å². The highest BCUT2D eigenvalue weighted by Gasteiger charge is 2.29. The molecule has 64 valence electrons. The average Bonchev–Trinajstić information content (AvgIpc) is 2.16. The van der Waals surface area contributed by atoms with Gasteiger partial charge in [0.1, 0.15) is 0 Å². The molecule has 0 fully saturated rings. The minimum Gasteiger partial charge on any atom is -0.424 e. The third-order valence-electron chi connectivity index (χ3n) is 2.70. The van der Waals surface area contributed by atoms with Gasteiger partial charge < -0.3 is 14.4 Å². The quantitative estimate of drug-likeness (QED) is 0.426. The van der Waals surface area contributed by atoms with E-state index in [1.807, 2.05) is 0 Å². The number of allylic oxidation sites excluding steroid dienone is 1. The molecule has 2 rings (SSSR count). The average molecular weight is 178 g/mol. The van der Waals surface area contributed by atoms with Crippen LogP contribution in [0, 0.1) is 0 Å². The highest BCUT2D eigenvalue weighted by Crippen LogP contribution is 2.33. The molecule has 0 aliphatic carbocycles. The molecule has 14 heavy (non-hydrogen) atoms. The lowest BCUT2D eigenvalue weighted by molar-refractivity contribution is 0.283. The molecule has 0 spiro atoms. The fourth-order valence-electron chi connectivity index (χ4n) is 1.93. The number of nitrogens with zero attached hydrogens (tertiary/aromatic N) is 3. The molecule has 0 saturated heterocycles. The first-order chi connectivity index (χ1) is 6.61. The molecule has 0 N–H and O–H groups in total. The van der Waals surface area contributed by atoms with E-state index in [1.54, 1.807) is 14.4 Å². The van der Waals surface area contributed by atoms with Gasteiger partial charge >= 0.3 is 0 Å². The van der Waals surface area contributed by atoms with Crippen LogP contribution in [-0.4, -0.2) is 65.9 Å². The number of hydrogen-bond donors (Lipinski definition) is 0. The van der Waals surface area contributed by atoms with Crippen LogP contribution in [0.2, 0.25) is 5.82 Å². The SMILES string of the molecule is [B]C1CCN([B])C2=C1N([B])CCN2[B]. The van der Waals surface area contributed by atoms with Gasteiger partial charge in [0, 0.05) is 25.3 Å². The van der Waals surface area contributed by atoms with Gasteiger partial charge in [-0.25, -0.2) is 0 Å². The predicted molar refractivity (Wildman–Crippen MR) is 58.5 cm³/mol. The number of hydrogen-bond acceptors (Lipinski definition) is 3. The van der Waals surface area contributed by atoms with Gasteiger partial charge in [-0.1, -0.05) is 0 Å². The summed E-state index contributed by atoms with van der Waals surface area (Å²) in [5.74, 6) is 0.679. The molecule has 0 aromatic heterocycles. The Balaban J connectivity index is 2.40. The molecule has 2 aliphatic heterocycles. The van der Waals surface area contributed by atoms with Crippen molar-refractivity contribution in [3.63, 3.8) is 0 Å². The third kappa shape index (κ3) is 1.43. The maximum absolute atomic E-state index is 5.96. The molecule has 7 heteroatoms. The van der Waals surface area contributed by atoms with Crippen LogP contribution in [0.1, 0.15) is 6.42 Å². The minimum atomic E-state index is -0.0684. The normalized spacial score (nSPS) is 28.0.